The number of hydrogen-bond donors (Lipinski definition) is 0. The largest absolute Gasteiger partial charge is 0.329 e. The summed E-state index contributed by atoms with van der Waals surface area (Å²) in [5.41, 5.74) is 3.76. The topological polar surface area (TPSA) is 68.1 Å². The molecular formula is C30H26N4O2. The van der Waals surface area contributed by atoms with Gasteiger partial charge in [-0.15, -0.1) is 0 Å². The van der Waals surface area contributed by atoms with Crippen LogP contribution in [0.1, 0.15) is 34.1 Å². The highest BCUT2D eigenvalue weighted by atomic mass is 16.2. The van der Waals surface area contributed by atoms with Crippen LogP contribution in [0.3, 0.4) is 0 Å². The molecule has 1 amide bonds. The van der Waals surface area contributed by atoms with Crippen molar-refractivity contribution in [2.24, 2.45) is 0 Å². The lowest BCUT2D eigenvalue weighted by Crippen LogP contribution is -2.33. The third-order valence-corrected chi connectivity index (χ3v) is 6.20. The van der Waals surface area contributed by atoms with Gasteiger partial charge in [-0.3, -0.25) is 14.6 Å². The van der Waals surface area contributed by atoms with Gasteiger partial charge >= 0.3 is 0 Å². The molecule has 0 unspecified atom stereocenters. The van der Waals surface area contributed by atoms with Crippen LogP contribution < -0.4 is 5.56 Å². The fourth-order valence-corrected chi connectivity index (χ4v) is 4.25. The molecule has 0 fully saturated rings. The Bertz CT molecular complexity index is 1550. The quantitative estimate of drug-likeness (QED) is 0.326. The zero-order valence-electron chi connectivity index (χ0n) is 20.0. The Labute approximate surface area is 209 Å². The molecule has 0 bridgehead atoms. The van der Waals surface area contributed by atoms with Crippen molar-refractivity contribution in [1.29, 1.82) is 0 Å². The molecule has 5 aromatic rings. The summed E-state index contributed by atoms with van der Waals surface area (Å²) in [5, 5.41) is 5.59. The first-order valence-corrected chi connectivity index (χ1v) is 12.0. The van der Waals surface area contributed by atoms with Crippen molar-refractivity contribution in [3.63, 3.8) is 0 Å². The summed E-state index contributed by atoms with van der Waals surface area (Å²) in [7, 11) is 0. The maximum absolute atomic E-state index is 14.1. The van der Waals surface area contributed by atoms with Crippen molar-refractivity contribution in [2.75, 3.05) is 0 Å². The van der Waals surface area contributed by atoms with Crippen LogP contribution in [-0.2, 0) is 19.5 Å². The summed E-state index contributed by atoms with van der Waals surface area (Å²) >= 11 is 0. The van der Waals surface area contributed by atoms with E-state index < -0.39 is 0 Å². The number of pyridine rings is 1. The van der Waals surface area contributed by atoms with Gasteiger partial charge in [0.15, 0.2) is 5.69 Å². The van der Waals surface area contributed by atoms with E-state index in [9.17, 15) is 9.59 Å². The Morgan fingerprint density at radius 3 is 2.14 bits per heavy atom. The molecule has 0 saturated heterocycles. The summed E-state index contributed by atoms with van der Waals surface area (Å²) < 4.78 is 1.31. The summed E-state index contributed by atoms with van der Waals surface area (Å²) in [4.78, 5) is 33.4. The van der Waals surface area contributed by atoms with E-state index in [0.717, 1.165) is 17.5 Å². The molecule has 6 nitrogen and oxygen atoms in total. The number of carbonyl (C=O) groups is 1. The van der Waals surface area contributed by atoms with Crippen molar-refractivity contribution in [3.8, 4) is 5.69 Å². The number of hydrogen-bond acceptors (Lipinski definition) is 4. The average molecular weight is 475 g/mol. The molecule has 0 saturated carbocycles. The first-order chi connectivity index (χ1) is 17.6. The molecular weight excluding hydrogens is 448 g/mol. The summed E-state index contributed by atoms with van der Waals surface area (Å²) in [6.45, 7) is 2.88. The minimum Gasteiger partial charge on any atom is -0.329 e. The van der Waals surface area contributed by atoms with Crippen LogP contribution in [0.25, 0.3) is 16.5 Å². The number of fused-ring (bicyclic) bond motifs is 1. The van der Waals surface area contributed by atoms with Crippen LogP contribution in [0, 0.1) is 0 Å². The molecule has 0 atom stereocenters. The van der Waals surface area contributed by atoms with Gasteiger partial charge in [0.05, 0.1) is 11.1 Å². The van der Waals surface area contributed by atoms with E-state index in [0.29, 0.717) is 29.5 Å². The second kappa shape index (κ2) is 10.4. The SMILES string of the molecule is CCc1ccc(CN(Cc2cccnc2)C(=O)c2nn(-c3ccccc3)c(=O)c3ccccc23)cc1. The molecule has 0 aliphatic rings. The maximum atomic E-state index is 14.1. The summed E-state index contributed by atoms with van der Waals surface area (Å²) in [6.07, 6.45) is 4.43. The number of carbonyl (C=O) groups excluding carboxylic acids is 1. The zero-order chi connectivity index (χ0) is 24.9. The van der Waals surface area contributed by atoms with E-state index >= 15 is 0 Å². The van der Waals surface area contributed by atoms with Crippen LogP contribution in [0.5, 0.6) is 0 Å². The Hall–Kier alpha value is -4.58. The highest BCUT2D eigenvalue weighted by molar-refractivity contribution is 6.04. The van der Waals surface area contributed by atoms with Crippen LogP contribution in [0.4, 0.5) is 0 Å². The number of aryl methyl sites for hydroxylation is 1. The van der Waals surface area contributed by atoms with Crippen LogP contribution >= 0.6 is 0 Å². The molecule has 0 spiro atoms. The van der Waals surface area contributed by atoms with E-state index in [2.05, 4.69) is 41.3 Å². The van der Waals surface area contributed by atoms with E-state index in [1.54, 1.807) is 47.6 Å². The third kappa shape index (κ3) is 4.79. The lowest BCUT2D eigenvalue weighted by atomic mass is 10.1. The van der Waals surface area contributed by atoms with Gasteiger partial charge in [0.2, 0.25) is 0 Å². The number of benzene rings is 3. The summed E-state index contributed by atoms with van der Waals surface area (Å²) in [6, 6.07) is 28.4. The van der Waals surface area contributed by atoms with Crippen LogP contribution in [0.2, 0.25) is 0 Å². The van der Waals surface area contributed by atoms with Crippen LogP contribution in [0.15, 0.2) is 108 Å². The standard InChI is InChI=1S/C30H26N4O2/c1-2-22-14-16-23(17-15-22)20-33(21-24-9-8-18-31-19-24)30(36)28-26-12-6-7-13-27(26)29(35)34(32-28)25-10-4-3-5-11-25/h3-19H,2,20-21H2,1H3. The molecule has 3 aromatic carbocycles. The molecule has 0 aliphatic carbocycles. The smallest absolute Gasteiger partial charge is 0.279 e. The van der Waals surface area contributed by atoms with Gasteiger partial charge in [-0.2, -0.15) is 9.78 Å². The second-order valence-corrected chi connectivity index (χ2v) is 8.64. The Balaban J connectivity index is 1.61. The highest BCUT2D eigenvalue weighted by Gasteiger charge is 2.23. The van der Waals surface area contributed by atoms with Crippen molar-refractivity contribution in [2.45, 2.75) is 26.4 Å². The molecule has 6 heteroatoms. The molecule has 5 rings (SSSR count). The highest BCUT2D eigenvalue weighted by Crippen LogP contribution is 2.20. The maximum Gasteiger partial charge on any atom is 0.279 e. The lowest BCUT2D eigenvalue weighted by molar-refractivity contribution is 0.0724. The second-order valence-electron chi connectivity index (χ2n) is 8.64. The van der Waals surface area contributed by atoms with E-state index in [4.69, 9.17) is 0 Å². The average Bonchev–Trinajstić information content (AvgIpc) is 2.94. The van der Waals surface area contributed by atoms with Gasteiger partial charge in [-0.25, -0.2) is 0 Å². The van der Waals surface area contributed by atoms with Crippen LogP contribution in [-0.4, -0.2) is 25.6 Å². The van der Waals surface area contributed by atoms with Gasteiger partial charge in [0.25, 0.3) is 11.5 Å². The number of amides is 1. The molecule has 178 valence electrons. The fourth-order valence-electron chi connectivity index (χ4n) is 4.25. The first kappa shape index (κ1) is 23.2. The van der Waals surface area contributed by atoms with Crippen molar-refractivity contribution in [1.82, 2.24) is 19.7 Å². The van der Waals surface area contributed by atoms with Gasteiger partial charge < -0.3 is 4.90 Å². The van der Waals surface area contributed by atoms with E-state index in [1.165, 1.54) is 10.2 Å². The Morgan fingerprint density at radius 2 is 1.44 bits per heavy atom. The summed E-state index contributed by atoms with van der Waals surface area (Å²) in [5.74, 6) is -0.251. The monoisotopic (exact) mass is 474 g/mol. The van der Waals surface area contributed by atoms with E-state index in [-0.39, 0.29) is 17.2 Å². The minimum absolute atomic E-state index is 0.239. The number of aromatic nitrogens is 3. The van der Waals surface area contributed by atoms with E-state index in [1.807, 2.05) is 36.4 Å². The zero-order valence-corrected chi connectivity index (χ0v) is 20.0. The fraction of sp³-hybridized carbons (Fsp3) is 0.133. The molecule has 0 radical (unpaired) electrons. The lowest BCUT2D eigenvalue weighted by Gasteiger charge is -2.24. The predicted octanol–water partition coefficient (Wildman–Crippen LogP) is 5.19. The Morgan fingerprint density at radius 1 is 0.778 bits per heavy atom. The molecule has 2 aromatic heterocycles. The molecule has 2 heterocycles. The first-order valence-electron chi connectivity index (χ1n) is 12.0. The van der Waals surface area contributed by atoms with Gasteiger partial charge in [0, 0.05) is 30.9 Å². The number of rotatable bonds is 7. The van der Waals surface area contributed by atoms with Gasteiger partial charge in [-0.05, 0) is 47.4 Å². The Kier molecular flexibility index (Phi) is 6.67. The van der Waals surface area contributed by atoms with Gasteiger partial charge in [0.1, 0.15) is 0 Å². The predicted molar refractivity (Wildman–Crippen MR) is 141 cm³/mol. The van der Waals surface area contributed by atoms with Crippen molar-refractivity contribution < 1.29 is 4.79 Å². The molecule has 0 N–H and O–H groups in total. The normalized spacial score (nSPS) is 10.9. The minimum atomic E-state index is -0.262. The number of nitrogens with zero attached hydrogens (tertiary/aromatic N) is 4. The van der Waals surface area contributed by atoms with Gasteiger partial charge in [-0.1, -0.05) is 73.7 Å². The molecule has 0 aliphatic heterocycles. The number of para-hydroxylation sites is 1. The third-order valence-electron chi connectivity index (χ3n) is 6.20. The van der Waals surface area contributed by atoms with Crippen molar-refractivity contribution >= 4 is 16.7 Å². The van der Waals surface area contributed by atoms with Crippen molar-refractivity contribution in [3.05, 3.63) is 136 Å². The molecule has 36 heavy (non-hydrogen) atoms.